The number of nitrogens with zero attached hydrogens (tertiary/aromatic N) is 1. The van der Waals surface area contributed by atoms with Crippen molar-refractivity contribution < 1.29 is 14.7 Å². The van der Waals surface area contributed by atoms with Crippen LogP contribution in [-0.2, 0) is 9.59 Å². The van der Waals surface area contributed by atoms with Crippen LogP contribution in [0.3, 0.4) is 0 Å². The Morgan fingerprint density at radius 1 is 1.50 bits per heavy atom. The summed E-state index contributed by atoms with van der Waals surface area (Å²) in [6.45, 7) is 0.134. The molecule has 0 radical (unpaired) electrons. The number of likely N-dealkylation sites (N-methyl/N-ethyl adjacent to an activating group) is 1. The van der Waals surface area contributed by atoms with Gasteiger partial charge in [-0.15, -0.1) is 0 Å². The third-order valence-electron chi connectivity index (χ3n) is 1.20. The summed E-state index contributed by atoms with van der Waals surface area (Å²) in [5.41, 5.74) is 4.77. The molecule has 0 rings (SSSR count). The SMILES string of the molecule is CN(CCO)C(=O)/C=C/C(N)=O. The van der Waals surface area contributed by atoms with Gasteiger partial charge in [0, 0.05) is 25.7 Å². The lowest BCUT2D eigenvalue weighted by atomic mass is 10.4. The molecule has 12 heavy (non-hydrogen) atoms. The lowest BCUT2D eigenvalue weighted by Gasteiger charge is -2.11. The van der Waals surface area contributed by atoms with Crippen molar-refractivity contribution in [2.24, 2.45) is 5.73 Å². The Kier molecular flexibility index (Phi) is 4.71. The van der Waals surface area contributed by atoms with Crippen LogP contribution in [0.4, 0.5) is 0 Å². The van der Waals surface area contributed by atoms with Crippen LogP contribution in [0.5, 0.6) is 0 Å². The van der Waals surface area contributed by atoms with Crippen LogP contribution >= 0.6 is 0 Å². The molecule has 0 fully saturated rings. The van der Waals surface area contributed by atoms with Gasteiger partial charge in [-0.05, 0) is 0 Å². The summed E-state index contributed by atoms with van der Waals surface area (Å²) in [6, 6.07) is 0. The Morgan fingerprint density at radius 3 is 2.50 bits per heavy atom. The molecule has 0 spiro atoms. The number of nitrogens with two attached hydrogens (primary N) is 1. The number of hydrogen-bond acceptors (Lipinski definition) is 3. The molecular weight excluding hydrogens is 160 g/mol. The molecule has 0 aliphatic rings. The average molecular weight is 172 g/mol. The molecule has 0 saturated heterocycles. The summed E-state index contributed by atoms with van der Waals surface area (Å²) in [4.78, 5) is 22.4. The van der Waals surface area contributed by atoms with E-state index in [1.807, 2.05) is 0 Å². The van der Waals surface area contributed by atoms with E-state index in [9.17, 15) is 9.59 Å². The normalized spacial score (nSPS) is 10.2. The molecule has 0 heterocycles. The molecule has 0 aliphatic heterocycles. The fraction of sp³-hybridized carbons (Fsp3) is 0.429. The van der Waals surface area contributed by atoms with Crippen molar-refractivity contribution in [3.8, 4) is 0 Å². The van der Waals surface area contributed by atoms with Crippen LogP contribution in [0, 0.1) is 0 Å². The van der Waals surface area contributed by atoms with Crippen LogP contribution in [0.25, 0.3) is 0 Å². The maximum Gasteiger partial charge on any atom is 0.246 e. The third kappa shape index (κ3) is 4.45. The van der Waals surface area contributed by atoms with Crippen molar-refractivity contribution in [1.82, 2.24) is 4.90 Å². The first-order valence-electron chi connectivity index (χ1n) is 3.41. The molecule has 0 aliphatic carbocycles. The molecule has 0 atom stereocenters. The summed E-state index contributed by atoms with van der Waals surface area (Å²) < 4.78 is 0. The number of rotatable bonds is 4. The number of aliphatic hydroxyl groups is 1. The molecule has 0 bridgehead atoms. The highest BCUT2D eigenvalue weighted by atomic mass is 16.3. The lowest BCUT2D eigenvalue weighted by molar-refractivity contribution is -0.125. The monoisotopic (exact) mass is 172 g/mol. The standard InChI is InChI=1S/C7H12N2O3/c1-9(4-5-10)7(12)3-2-6(8)11/h2-3,10H,4-5H2,1H3,(H2,8,11)/b3-2+. The van der Waals surface area contributed by atoms with Gasteiger partial charge in [-0.3, -0.25) is 9.59 Å². The molecule has 0 aromatic rings. The molecule has 5 heteroatoms. The predicted octanol–water partition coefficient (Wildman–Crippen LogP) is -1.52. The highest BCUT2D eigenvalue weighted by Gasteiger charge is 2.02. The maximum absolute atomic E-state index is 11.0. The quantitative estimate of drug-likeness (QED) is 0.505. The topological polar surface area (TPSA) is 83.6 Å². The van der Waals surface area contributed by atoms with Gasteiger partial charge in [0.15, 0.2) is 0 Å². The summed E-state index contributed by atoms with van der Waals surface area (Å²) >= 11 is 0. The van der Waals surface area contributed by atoms with E-state index in [1.54, 1.807) is 0 Å². The molecule has 0 aromatic heterocycles. The second-order valence-corrected chi connectivity index (χ2v) is 2.22. The van der Waals surface area contributed by atoms with Gasteiger partial charge < -0.3 is 15.7 Å². The van der Waals surface area contributed by atoms with Crippen LogP contribution in [0.1, 0.15) is 0 Å². The van der Waals surface area contributed by atoms with Crippen molar-refractivity contribution in [3.05, 3.63) is 12.2 Å². The number of amides is 2. The van der Waals surface area contributed by atoms with Crippen molar-refractivity contribution >= 4 is 11.8 Å². The molecule has 3 N–H and O–H groups in total. The molecule has 2 amide bonds. The highest BCUT2D eigenvalue weighted by Crippen LogP contribution is 1.85. The van der Waals surface area contributed by atoms with Gasteiger partial charge >= 0.3 is 0 Å². The molecule has 68 valence electrons. The van der Waals surface area contributed by atoms with E-state index >= 15 is 0 Å². The van der Waals surface area contributed by atoms with Crippen molar-refractivity contribution in [1.29, 1.82) is 0 Å². The minimum atomic E-state index is -0.666. The van der Waals surface area contributed by atoms with Gasteiger partial charge in [0.25, 0.3) is 0 Å². The largest absolute Gasteiger partial charge is 0.395 e. The molecule has 0 unspecified atom stereocenters. The van der Waals surface area contributed by atoms with Crippen molar-refractivity contribution in [3.63, 3.8) is 0 Å². The number of hydrogen-bond donors (Lipinski definition) is 2. The van der Waals surface area contributed by atoms with Crippen LogP contribution < -0.4 is 5.73 Å². The first kappa shape index (κ1) is 10.6. The fourth-order valence-corrected chi connectivity index (χ4v) is 0.541. The molecule has 5 nitrogen and oxygen atoms in total. The van der Waals surface area contributed by atoms with Crippen LogP contribution in [0.2, 0.25) is 0 Å². The summed E-state index contributed by atoms with van der Waals surface area (Å²) in [5, 5.41) is 8.45. The minimum absolute atomic E-state index is 0.105. The zero-order valence-electron chi connectivity index (χ0n) is 6.86. The van der Waals surface area contributed by atoms with E-state index in [-0.39, 0.29) is 19.1 Å². The van der Waals surface area contributed by atoms with E-state index in [4.69, 9.17) is 10.8 Å². The number of carbonyl (C=O) groups excluding carboxylic acids is 2. The van der Waals surface area contributed by atoms with Crippen molar-refractivity contribution in [2.45, 2.75) is 0 Å². The first-order chi connectivity index (χ1) is 5.57. The first-order valence-corrected chi connectivity index (χ1v) is 3.41. The maximum atomic E-state index is 11.0. The average Bonchev–Trinajstić information content (AvgIpc) is 2.00. The van der Waals surface area contributed by atoms with E-state index in [2.05, 4.69) is 0 Å². The van der Waals surface area contributed by atoms with Gasteiger partial charge in [-0.1, -0.05) is 0 Å². The number of carbonyl (C=O) groups is 2. The zero-order valence-corrected chi connectivity index (χ0v) is 6.86. The lowest BCUT2D eigenvalue weighted by Crippen LogP contribution is -2.28. The van der Waals surface area contributed by atoms with Gasteiger partial charge in [0.2, 0.25) is 11.8 Å². The Morgan fingerprint density at radius 2 is 2.08 bits per heavy atom. The van der Waals surface area contributed by atoms with E-state index in [0.29, 0.717) is 0 Å². The van der Waals surface area contributed by atoms with Gasteiger partial charge in [0.05, 0.1) is 6.61 Å². The Balaban J connectivity index is 3.94. The zero-order chi connectivity index (χ0) is 9.56. The Bertz CT molecular complexity index is 201. The van der Waals surface area contributed by atoms with Crippen LogP contribution in [-0.4, -0.2) is 42.0 Å². The number of aliphatic hydroxyl groups excluding tert-OH is 1. The van der Waals surface area contributed by atoms with Gasteiger partial charge in [0.1, 0.15) is 0 Å². The molecule has 0 saturated carbocycles. The Labute approximate surface area is 70.5 Å². The van der Waals surface area contributed by atoms with Crippen molar-refractivity contribution in [2.75, 3.05) is 20.2 Å². The van der Waals surface area contributed by atoms with E-state index < -0.39 is 5.91 Å². The highest BCUT2D eigenvalue weighted by molar-refractivity contribution is 5.95. The number of primary amides is 1. The smallest absolute Gasteiger partial charge is 0.246 e. The second kappa shape index (κ2) is 5.31. The summed E-state index contributed by atoms with van der Waals surface area (Å²) in [7, 11) is 1.52. The predicted molar refractivity (Wildman–Crippen MR) is 43.1 cm³/mol. The third-order valence-corrected chi connectivity index (χ3v) is 1.20. The fourth-order valence-electron chi connectivity index (χ4n) is 0.541. The second-order valence-electron chi connectivity index (χ2n) is 2.22. The van der Waals surface area contributed by atoms with Crippen LogP contribution in [0.15, 0.2) is 12.2 Å². The van der Waals surface area contributed by atoms with E-state index in [0.717, 1.165) is 12.2 Å². The summed E-state index contributed by atoms with van der Waals surface area (Å²) in [5.74, 6) is -1.02. The van der Waals surface area contributed by atoms with Gasteiger partial charge in [-0.25, -0.2) is 0 Å². The van der Waals surface area contributed by atoms with Gasteiger partial charge in [-0.2, -0.15) is 0 Å². The molecular formula is C7H12N2O3. The van der Waals surface area contributed by atoms with E-state index in [1.165, 1.54) is 11.9 Å². The Hall–Kier alpha value is -1.36. The molecule has 0 aromatic carbocycles. The summed E-state index contributed by atoms with van der Waals surface area (Å²) in [6.07, 6.45) is 2.05. The minimum Gasteiger partial charge on any atom is -0.395 e.